The molecule has 1 aromatic carbocycles. The van der Waals surface area contributed by atoms with Crippen LogP contribution in [0.25, 0.3) is 0 Å². The lowest BCUT2D eigenvalue weighted by Crippen LogP contribution is -2.39. The van der Waals surface area contributed by atoms with E-state index in [1.54, 1.807) is 0 Å². The molecule has 20 heavy (non-hydrogen) atoms. The van der Waals surface area contributed by atoms with Gasteiger partial charge in [0.25, 0.3) is 0 Å². The van der Waals surface area contributed by atoms with Gasteiger partial charge in [-0.2, -0.15) is 0 Å². The summed E-state index contributed by atoms with van der Waals surface area (Å²) < 4.78 is 0. The number of amides is 3. The normalized spacial score (nSPS) is 9.75. The van der Waals surface area contributed by atoms with E-state index in [1.807, 2.05) is 32.0 Å². The summed E-state index contributed by atoms with van der Waals surface area (Å²) in [6.07, 6.45) is 0. The molecule has 0 saturated carbocycles. The van der Waals surface area contributed by atoms with Gasteiger partial charge in [0.2, 0.25) is 17.7 Å². The number of carbonyl (C=O) groups is 3. The molecule has 0 bridgehead atoms. The molecular formula is C14H19N3O3. The van der Waals surface area contributed by atoms with Gasteiger partial charge in [-0.15, -0.1) is 0 Å². The van der Waals surface area contributed by atoms with Gasteiger partial charge in [-0.05, 0) is 37.1 Å². The van der Waals surface area contributed by atoms with Gasteiger partial charge < -0.3 is 16.0 Å². The molecule has 0 spiro atoms. The smallest absolute Gasteiger partial charge is 0.243 e. The van der Waals surface area contributed by atoms with E-state index in [2.05, 4.69) is 16.0 Å². The van der Waals surface area contributed by atoms with Crippen molar-refractivity contribution in [3.05, 3.63) is 29.3 Å². The highest BCUT2D eigenvalue weighted by Crippen LogP contribution is 2.13. The Morgan fingerprint density at radius 3 is 2.00 bits per heavy atom. The van der Waals surface area contributed by atoms with Gasteiger partial charge >= 0.3 is 0 Å². The van der Waals surface area contributed by atoms with Crippen molar-refractivity contribution in [2.24, 2.45) is 0 Å². The van der Waals surface area contributed by atoms with E-state index in [0.29, 0.717) is 5.69 Å². The summed E-state index contributed by atoms with van der Waals surface area (Å²) in [5.74, 6) is -1.01. The van der Waals surface area contributed by atoms with E-state index >= 15 is 0 Å². The molecule has 1 rings (SSSR count). The lowest BCUT2D eigenvalue weighted by atomic mass is 10.1. The molecule has 0 aliphatic rings. The highest BCUT2D eigenvalue weighted by atomic mass is 16.2. The van der Waals surface area contributed by atoms with Crippen molar-refractivity contribution in [1.82, 2.24) is 10.6 Å². The Kier molecular flexibility index (Phi) is 5.71. The van der Waals surface area contributed by atoms with Crippen LogP contribution in [0.4, 0.5) is 5.69 Å². The molecule has 0 aliphatic heterocycles. The van der Waals surface area contributed by atoms with Crippen LogP contribution >= 0.6 is 0 Å². The van der Waals surface area contributed by atoms with E-state index in [-0.39, 0.29) is 24.9 Å². The summed E-state index contributed by atoms with van der Waals surface area (Å²) in [4.78, 5) is 33.6. The van der Waals surface area contributed by atoms with Crippen LogP contribution in [-0.4, -0.2) is 30.8 Å². The van der Waals surface area contributed by atoms with Crippen molar-refractivity contribution in [1.29, 1.82) is 0 Å². The van der Waals surface area contributed by atoms with Crippen molar-refractivity contribution in [3.63, 3.8) is 0 Å². The molecule has 108 valence electrons. The average Bonchev–Trinajstić information content (AvgIpc) is 2.32. The molecule has 0 aliphatic carbocycles. The molecule has 1 aromatic rings. The maximum Gasteiger partial charge on any atom is 0.243 e. The topological polar surface area (TPSA) is 87.3 Å². The maximum atomic E-state index is 11.7. The molecule has 0 aromatic heterocycles. The predicted molar refractivity (Wildman–Crippen MR) is 76.2 cm³/mol. The molecule has 3 amide bonds. The Balaban J connectivity index is 2.40. The lowest BCUT2D eigenvalue weighted by molar-refractivity contribution is -0.126. The van der Waals surface area contributed by atoms with Crippen molar-refractivity contribution in [3.8, 4) is 0 Å². The lowest BCUT2D eigenvalue weighted by Gasteiger charge is -2.08. The fraction of sp³-hybridized carbons (Fsp3) is 0.357. The first-order valence-corrected chi connectivity index (χ1v) is 6.26. The minimum Gasteiger partial charge on any atom is -0.347 e. The molecule has 0 fully saturated rings. The highest BCUT2D eigenvalue weighted by Gasteiger charge is 2.06. The summed E-state index contributed by atoms with van der Waals surface area (Å²) in [6, 6.07) is 5.71. The Labute approximate surface area is 117 Å². The maximum absolute atomic E-state index is 11.7. The van der Waals surface area contributed by atoms with Gasteiger partial charge in [-0.1, -0.05) is 6.07 Å². The standard InChI is InChI=1S/C14H19N3O3/c1-9-4-10(2)6-12(5-9)17-14(20)8-16-13(19)7-15-11(3)18/h4-6H,7-8H2,1-3H3,(H,15,18)(H,16,19)(H,17,20). The number of rotatable bonds is 5. The monoisotopic (exact) mass is 277 g/mol. The minimum absolute atomic E-state index is 0.133. The van der Waals surface area contributed by atoms with Crippen LogP contribution in [0.1, 0.15) is 18.1 Å². The second kappa shape index (κ2) is 7.28. The van der Waals surface area contributed by atoms with Crippen LogP contribution in [0.2, 0.25) is 0 Å². The first kappa shape index (κ1) is 15.7. The summed E-state index contributed by atoms with van der Waals surface area (Å²) in [6.45, 7) is 4.94. The predicted octanol–water partition coefficient (Wildman–Crippen LogP) is 0.494. The summed E-state index contributed by atoms with van der Waals surface area (Å²) in [5, 5.41) is 7.48. The SMILES string of the molecule is CC(=O)NCC(=O)NCC(=O)Nc1cc(C)cc(C)c1. The number of nitrogens with one attached hydrogen (secondary N) is 3. The number of carbonyl (C=O) groups excluding carboxylic acids is 3. The number of anilines is 1. The van der Waals surface area contributed by atoms with Crippen LogP contribution in [0.15, 0.2) is 18.2 Å². The summed E-state index contributed by atoms with van der Waals surface area (Å²) >= 11 is 0. The second-order valence-corrected chi connectivity index (χ2v) is 4.61. The molecule has 0 radical (unpaired) electrons. The number of benzene rings is 1. The molecule has 0 heterocycles. The average molecular weight is 277 g/mol. The van der Waals surface area contributed by atoms with E-state index in [1.165, 1.54) is 6.92 Å². The van der Waals surface area contributed by atoms with E-state index in [0.717, 1.165) is 11.1 Å². The van der Waals surface area contributed by atoms with Gasteiger partial charge in [0.05, 0.1) is 13.1 Å². The van der Waals surface area contributed by atoms with Crippen molar-refractivity contribution >= 4 is 23.4 Å². The fourth-order valence-corrected chi connectivity index (χ4v) is 1.70. The van der Waals surface area contributed by atoms with E-state index in [4.69, 9.17) is 0 Å². The van der Waals surface area contributed by atoms with Crippen molar-refractivity contribution in [2.45, 2.75) is 20.8 Å². The minimum atomic E-state index is -0.407. The fourth-order valence-electron chi connectivity index (χ4n) is 1.70. The molecule has 0 unspecified atom stereocenters. The molecule has 6 nitrogen and oxygen atoms in total. The zero-order valence-electron chi connectivity index (χ0n) is 11.9. The van der Waals surface area contributed by atoms with Crippen LogP contribution in [-0.2, 0) is 14.4 Å². The quantitative estimate of drug-likeness (QED) is 0.732. The third-order valence-corrected chi connectivity index (χ3v) is 2.45. The van der Waals surface area contributed by atoms with Crippen LogP contribution in [0.5, 0.6) is 0 Å². The third kappa shape index (κ3) is 5.99. The first-order valence-electron chi connectivity index (χ1n) is 6.26. The van der Waals surface area contributed by atoms with Crippen LogP contribution in [0.3, 0.4) is 0 Å². The van der Waals surface area contributed by atoms with Gasteiger partial charge in [0.15, 0.2) is 0 Å². The van der Waals surface area contributed by atoms with Gasteiger partial charge in [0, 0.05) is 12.6 Å². The van der Waals surface area contributed by atoms with E-state index < -0.39 is 5.91 Å². The molecule has 0 saturated heterocycles. The molecule has 3 N–H and O–H groups in total. The van der Waals surface area contributed by atoms with E-state index in [9.17, 15) is 14.4 Å². The highest BCUT2D eigenvalue weighted by molar-refractivity contribution is 5.95. The zero-order chi connectivity index (χ0) is 15.1. The molecule has 0 atom stereocenters. The van der Waals surface area contributed by atoms with Gasteiger partial charge in [-0.3, -0.25) is 14.4 Å². The Bertz CT molecular complexity index is 506. The van der Waals surface area contributed by atoms with Crippen LogP contribution < -0.4 is 16.0 Å². The Morgan fingerprint density at radius 1 is 0.900 bits per heavy atom. The van der Waals surface area contributed by atoms with Crippen molar-refractivity contribution < 1.29 is 14.4 Å². The Morgan fingerprint density at radius 2 is 1.45 bits per heavy atom. The third-order valence-electron chi connectivity index (χ3n) is 2.45. The summed E-state index contributed by atoms with van der Waals surface area (Å²) in [7, 11) is 0. The number of hydrogen-bond acceptors (Lipinski definition) is 3. The second-order valence-electron chi connectivity index (χ2n) is 4.61. The zero-order valence-corrected chi connectivity index (χ0v) is 11.9. The largest absolute Gasteiger partial charge is 0.347 e. The van der Waals surface area contributed by atoms with Gasteiger partial charge in [-0.25, -0.2) is 0 Å². The number of hydrogen-bond donors (Lipinski definition) is 3. The Hall–Kier alpha value is -2.37. The van der Waals surface area contributed by atoms with Crippen molar-refractivity contribution in [2.75, 3.05) is 18.4 Å². The molecule has 6 heteroatoms. The summed E-state index contributed by atoms with van der Waals surface area (Å²) in [5.41, 5.74) is 2.80. The number of aryl methyl sites for hydroxylation is 2. The molecular weight excluding hydrogens is 258 g/mol. The van der Waals surface area contributed by atoms with Gasteiger partial charge in [0.1, 0.15) is 0 Å². The first-order chi connectivity index (χ1) is 9.36. The van der Waals surface area contributed by atoms with Crippen LogP contribution in [0, 0.1) is 13.8 Å².